The van der Waals surface area contributed by atoms with Crippen LogP contribution in [-0.4, -0.2) is 9.55 Å². The van der Waals surface area contributed by atoms with Gasteiger partial charge in [0, 0.05) is 12.1 Å². The van der Waals surface area contributed by atoms with Crippen LogP contribution in [0.2, 0.25) is 0 Å². The first-order chi connectivity index (χ1) is 8.62. The molecule has 0 saturated carbocycles. The third-order valence-corrected chi connectivity index (χ3v) is 3.45. The summed E-state index contributed by atoms with van der Waals surface area (Å²) in [6.45, 7) is 4.07. The number of nitrogens with zero attached hydrogens (tertiary/aromatic N) is 2. The number of benzene rings is 1. The van der Waals surface area contributed by atoms with E-state index in [0.717, 1.165) is 18.9 Å². The molecule has 5 heteroatoms. The summed E-state index contributed by atoms with van der Waals surface area (Å²) in [6.07, 6.45) is 1.73. The van der Waals surface area contributed by atoms with Crippen molar-refractivity contribution in [3.8, 4) is 0 Å². The fraction of sp³-hybridized carbons (Fsp3) is 0.462. The van der Waals surface area contributed by atoms with Crippen LogP contribution in [0.4, 0.5) is 8.78 Å². The summed E-state index contributed by atoms with van der Waals surface area (Å²) in [6, 6.07) is 2.33. The molecule has 0 unspecified atom stereocenters. The maximum Gasteiger partial charge on any atom is 0.153 e. The van der Waals surface area contributed by atoms with Crippen molar-refractivity contribution in [2.75, 3.05) is 0 Å². The van der Waals surface area contributed by atoms with Gasteiger partial charge in [-0.3, -0.25) is 0 Å². The summed E-state index contributed by atoms with van der Waals surface area (Å²) in [5.41, 5.74) is 0.677. The average Bonchev–Trinajstić information content (AvgIpc) is 2.70. The van der Waals surface area contributed by atoms with E-state index in [9.17, 15) is 8.78 Å². The lowest BCUT2D eigenvalue weighted by molar-refractivity contribution is 0.471. The van der Waals surface area contributed by atoms with Gasteiger partial charge in [-0.2, -0.15) is 0 Å². The molecule has 0 atom stereocenters. The molecule has 0 fully saturated rings. The molecule has 1 aromatic carbocycles. The zero-order chi connectivity index (χ0) is 13.3. The highest BCUT2D eigenvalue weighted by Gasteiger charge is 2.19. The Morgan fingerprint density at radius 2 is 1.94 bits per heavy atom. The molecule has 0 aliphatic heterocycles. The van der Waals surface area contributed by atoms with Crippen molar-refractivity contribution in [3.05, 3.63) is 29.6 Å². The lowest BCUT2D eigenvalue weighted by atomic mass is 10.1. The fourth-order valence-corrected chi connectivity index (χ4v) is 2.51. The summed E-state index contributed by atoms with van der Waals surface area (Å²) >= 11 is 5.85. The molecule has 2 aromatic rings. The number of halogens is 3. The lowest BCUT2D eigenvalue weighted by Crippen LogP contribution is -2.10. The molecule has 98 valence electrons. The SMILES string of the molecule is CCC(CC)n1c(CCl)nc2c(F)cc(F)cc21. The Hall–Kier alpha value is -1.16. The maximum atomic E-state index is 13.7. The first-order valence-corrected chi connectivity index (χ1v) is 6.57. The van der Waals surface area contributed by atoms with Crippen LogP contribution in [0.3, 0.4) is 0 Å². The van der Waals surface area contributed by atoms with Crippen molar-refractivity contribution < 1.29 is 8.78 Å². The van der Waals surface area contributed by atoms with E-state index in [1.807, 2.05) is 18.4 Å². The molecular weight excluding hydrogens is 258 g/mol. The van der Waals surface area contributed by atoms with Crippen molar-refractivity contribution in [2.24, 2.45) is 0 Å². The van der Waals surface area contributed by atoms with Crippen molar-refractivity contribution in [1.29, 1.82) is 0 Å². The Balaban J connectivity index is 2.75. The van der Waals surface area contributed by atoms with Gasteiger partial charge in [-0.25, -0.2) is 13.8 Å². The maximum absolute atomic E-state index is 13.7. The van der Waals surface area contributed by atoms with Crippen molar-refractivity contribution in [3.63, 3.8) is 0 Å². The van der Waals surface area contributed by atoms with E-state index in [0.29, 0.717) is 11.3 Å². The molecule has 0 spiro atoms. The smallest absolute Gasteiger partial charge is 0.153 e. The van der Waals surface area contributed by atoms with E-state index in [2.05, 4.69) is 4.98 Å². The van der Waals surface area contributed by atoms with E-state index in [-0.39, 0.29) is 17.4 Å². The molecule has 0 amide bonds. The lowest BCUT2D eigenvalue weighted by Gasteiger charge is -2.18. The van der Waals surface area contributed by atoms with Crippen molar-refractivity contribution in [1.82, 2.24) is 9.55 Å². The van der Waals surface area contributed by atoms with Gasteiger partial charge >= 0.3 is 0 Å². The summed E-state index contributed by atoms with van der Waals surface area (Å²) in [5, 5.41) is 0. The number of alkyl halides is 1. The molecule has 0 aliphatic carbocycles. The van der Waals surface area contributed by atoms with Crippen molar-refractivity contribution in [2.45, 2.75) is 38.6 Å². The van der Waals surface area contributed by atoms with Gasteiger partial charge in [0.2, 0.25) is 0 Å². The summed E-state index contributed by atoms with van der Waals surface area (Å²) < 4.78 is 28.9. The van der Waals surface area contributed by atoms with E-state index in [1.165, 1.54) is 6.07 Å². The van der Waals surface area contributed by atoms with Gasteiger partial charge in [0.15, 0.2) is 5.82 Å². The fourth-order valence-electron chi connectivity index (χ4n) is 2.32. The minimum Gasteiger partial charge on any atom is -0.324 e. The topological polar surface area (TPSA) is 17.8 Å². The third-order valence-electron chi connectivity index (χ3n) is 3.21. The summed E-state index contributed by atoms with van der Waals surface area (Å²) in [5.74, 6) is -0.453. The predicted octanol–water partition coefficient (Wildman–Crippen LogP) is 4.41. The predicted molar refractivity (Wildman–Crippen MR) is 68.8 cm³/mol. The van der Waals surface area contributed by atoms with Crippen LogP contribution in [0, 0.1) is 11.6 Å². The van der Waals surface area contributed by atoms with Gasteiger partial charge in [-0.05, 0) is 18.9 Å². The monoisotopic (exact) mass is 272 g/mol. The molecular formula is C13H15ClF2N2. The molecule has 2 nitrogen and oxygen atoms in total. The van der Waals surface area contributed by atoms with Crippen LogP contribution in [0.1, 0.15) is 38.6 Å². The highest BCUT2D eigenvalue weighted by molar-refractivity contribution is 6.16. The van der Waals surface area contributed by atoms with Crippen LogP contribution >= 0.6 is 11.6 Å². The minimum absolute atomic E-state index is 0.157. The number of aromatic nitrogens is 2. The van der Waals surface area contributed by atoms with Gasteiger partial charge in [-0.1, -0.05) is 13.8 Å². The molecule has 0 N–H and O–H groups in total. The molecule has 0 radical (unpaired) electrons. The van der Waals surface area contributed by atoms with Gasteiger partial charge in [0.1, 0.15) is 17.2 Å². The zero-order valence-corrected chi connectivity index (χ0v) is 11.1. The van der Waals surface area contributed by atoms with E-state index in [4.69, 9.17) is 11.6 Å². The molecule has 2 rings (SSSR count). The zero-order valence-electron chi connectivity index (χ0n) is 10.4. The van der Waals surface area contributed by atoms with Gasteiger partial charge in [0.05, 0.1) is 11.4 Å². The molecule has 1 aromatic heterocycles. The van der Waals surface area contributed by atoms with Crippen molar-refractivity contribution >= 4 is 22.6 Å². The molecule has 18 heavy (non-hydrogen) atoms. The summed E-state index contributed by atoms with van der Waals surface area (Å²) in [4.78, 5) is 4.18. The van der Waals surface area contributed by atoms with Crippen LogP contribution < -0.4 is 0 Å². The Bertz CT molecular complexity index is 562. The molecule has 1 heterocycles. The minimum atomic E-state index is -0.638. The Labute approximate surface area is 110 Å². The first kappa shape index (κ1) is 13.3. The molecule has 0 aliphatic rings. The average molecular weight is 273 g/mol. The normalized spacial score (nSPS) is 11.7. The second-order valence-corrected chi connectivity index (χ2v) is 4.52. The largest absolute Gasteiger partial charge is 0.324 e. The Morgan fingerprint density at radius 1 is 1.28 bits per heavy atom. The highest BCUT2D eigenvalue weighted by Crippen LogP contribution is 2.28. The third kappa shape index (κ3) is 2.09. The van der Waals surface area contributed by atoms with Crippen LogP contribution in [-0.2, 0) is 5.88 Å². The highest BCUT2D eigenvalue weighted by atomic mass is 35.5. The number of imidazole rings is 1. The number of fused-ring (bicyclic) bond motifs is 1. The number of hydrogen-bond acceptors (Lipinski definition) is 1. The summed E-state index contributed by atoms with van der Waals surface area (Å²) in [7, 11) is 0. The van der Waals surface area contributed by atoms with Crippen LogP contribution in [0.15, 0.2) is 12.1 Å². The van der Waals surface area contributed by atoms with E-state index in [1.54, 1.807) is 0 Å². The molecule has 0 bridgehead atoms. The first-order valence-electron chi connectivity index (χ1n) is 6.04. The molecule has 0 saturated heterocycles. The standard InChI is InChI=1S/C13H15ClF2N2/c1-3-9(4-2)18-11-6-8(15)5-10(16)13(11)17-12(18)7-14/h5-6,9H,3-4,7H2,1-2H3. The van der Waals surface area contributed by atoms with Crippen LogP contribution in [0.25, 0.3) is 11.0 Å². The van der Waals surface area contributed by atoms with Gasteiger partial charge in [-0.15, -0.1) is 11.6 Å². The Kier molecular flexibility index (Phi) is 3.85. The van der Waals surface area contributed by atoms with E-state index < -0.39 is 11.6 Å². The second-order valence-electron chi connectivity index (χ2n) is 4.26. The number of hydrogen-bond donors (Lipinski definition) is 0. The van der Waals surface area contributed by atoms with Gasteiger partial charge < -0.3 is 4.57 Å². The van der Waals surface area contributed by atoms with Crippen LogP contribution in [0.5, 0.6) is 0 Å². The van der Waals surface area contributed by atoms with E-state index >= 15 is 0 Å². The Morgan fingerprint density at radius 3 is 2.50 bits per heavy atom. The number of rotatable bonds is 4. The second kappa shape index (κ2) is 5.22. The van der Waals surface area contributed by atoms with Gasteiger partial charge in [0.25, 0.3) is 0 Å². The quantitative estimate of drug-likeness (QED) is 0.754.